The molecule has 1 saturated carbocycles. The van der Waals surface area contributed by atoms with E-state index < -0.39 is 17.2 Å². The summed E-state index contributed by atoms with van der Waals surface area (Å²) in [6.07, 6.45) is 1.50. The van der Waals surface area contributed by atoms with E-state index in [1.54, 1.807) is 6.92 Å². The number of amides is 1. The standard InChI is InChI=1S/C9H14FNO2/c1-8(13)5-11(6-8)7(12)9(10)3-2-4-9/h13H,2-6H2,1H3. The highest BCUT2D eigenvalue weighted by Crippen LogP contribution is 2.39. The number of rotatable bonds is 1. The van der Waals surface area contributed by atoms with Crippen LogP contribution in [0.3, 0.4) is 0 Å². The molecule has 0 atom stereocenters. The second-order valence-corrected chi connectivity index (χ2v) is 4.48. The molecule has 1 N–H and O–H groups in total. The third-order valence-corrected chi connectivity index (χ3v) is 2.88. The lowest BCUT2D eigenvalue weighted by atomic mass is 9.79. The molecule has 2 fully saturated rings. The van der Waals surface area contributed by atoms with E-state index in [-0.39, 0.29) is 13.1 Å². The van der Waals surface area contributed by atoms with E-state index in [1.807, 2.05) is 0 Å². The summed E-state index contributed by atoms with van der Waals surface area (Å²) in [5, 5.41) is 9.37. The first kappa shape index (κ1) is 8.94. The van der Waals surface area contributed by atoms with Crippen molar-refractivity contribution in [3.8, 4) is 0 Å². The van der Waals surface area contributed by atoms with Gasteiger partial charge in [-0.15, -0.1) is 0 Å². The van der Waals surface area contributed by atoms with Crippen LogP contribution in [-0.2, 0) is 4.79 Å². The first-order valence-corrected chi connectivity index (χ1v) is 4.64. The van der Waals surface area contributed by atoms with E-state index in [1.165, 1.54) is 4.90 Å². The summed E-state index contributed by atoms with van der Waals surface area (Å²) in [5.74, 6) is -0.426. The lowest BCUT2D eigenvalue weighted by molar-refractivity contribution is -0.170. The van der Waals surface area contributed by atoms with E-state index in [0.717, 1.165) is 6.42 Å². The molecule has 1 aliphatic heterocycles. The van der Waals surface area contributed by atoms with Gasteiger partial charge in [0, 0.05) is 0 Å². The zero-order valence-corrected chi connectivity index (χ0v) is 7.72. The van der Waals surface area contributed by atoms with Crippen molar-refractivity contribution in [1.82, 2.24) is 4.90 Å². The van der Waals surface area contributed by atoms with Gasteiger partial charge >= 0.3 is 0 Å². The molecule has 1 saturated heterocycles. The number of nitrogens with zero attached hydrogens (tertiary/aromatic N) is 1. The molecule has 3 nitrogen and oxygen atoms in total. The largest absolute Gasteiger partial charge is 0.386 e. The van der Waals surface area contributed by atoms with Crippen LogP contribution in [0, 0.1) is 0 Å². The Balaban J connectivity index is 1.93. The summed E-state index contributed by atoms with van der Waals surface area (Å²) in [4.78, 5) is 12.9. The molecule has 0 bridgehead atoms. The highest BCUT2D eigenvalue weighted by molar-refractivity contribution is 5.87. The molecule has 13 heavy (non-hydrogen) atoms. The summed E-state index contributed by atoms with van der Waals surface area (Å²) in [6, 6.07) is 0. The van der Waals surface area contributed by atoms with Crippen molar-refractivity contribution in [2.75, 3.05) is 13.1 Å². The molecule has 2 aliphatic rings. The van der Waals surface area contributed by atoms with Gasteiger partial charge in [0.05, 0.1) is 18.7 Å². The van der Waals surface area contributed by atoms with Crippen LogP contribution < -0.4 is 0 Å². The quantitative estimate of drug-likeness (QED) is 0.648. The van der Waals surface area contributed by atoms with Crippen LogP contribution in [0.15, 0.2) is 0 Å². The number of carbonyl (C=O) groups excluding carboxylic acids is 1. The van der Waals surface area contributed by atoms with Crippen molar-refractivity contribution in [2.45, 2.75) is 37.5 Å². The maximum Gasteiger partial charge on any atom is 0.260 e. The van der Waals surface area contributed by atoms with Gasteiger partial charge in [-0.2, -0.15) is 0 Å². The summed E-state index contributed by atoms with van der Waals surface area (Å²) in [7, 11) is 0. The second-order valence-electron chi connectivity index (χ2n) is 4.48. The van der Waals surface area contributed by atoms with Crippen LogP contribution >= 0.6 is 0 Å². The van der Waals surface area contributed by atoms with E-state index in [9.17, 15) is 14.3 Å². The third kappa shape index (κ3) is 1.33. The van der Waals surface area contributed by atoms with Gasteiger partial charge in [-0.3, -0.25) is 4.79 Å². The molecule has 1 heterocycles. The van der Waals surface area contributed by atoms with Crippen LogP contribution in [-0.4, -0.2) is 40.3 Å². The van der Waals surface area contributed by atoms with Gasteiger partial charge in [-0.1, -0.05) is 0 Å². The Morgan fingerprint density at radius 3 is 2.31 bits per heavy atom. The van der Waals surface area contributed by atoms with Crippen LogP contribution in [0.4, 0.5) is 4.39 Å². The molecule has 4 heteroatoms. The van der Waals surface area contributed by atoms with Crippen LogP contribution in [0.25, 0.3) is 0 Å². The number of likely N-dealkylation sites (tertiary alicyclic amines) is 1. The highest BCUT2D eigenvalue weighted by atomic mass is 19.1. The number of halogens is 1. The first-order chi connectivity index (χ1) is 5.93. The van der Waals surface area contributed by atoms with Crippen LogP contribution in [0.1, 0.15) is 26.2 Å². The number of hydrogen-bond acceptors (Lipinski definition) is 2. The van der Waals surface area contributed by atoms with Gasteiger partial charge in [0.2, 0.25) is 0 Å². The zero-order valence-electron chi connectivity index (χ0n) is 7.72. The maximum atomic E-state index is 13.6. The average molecular weight is 187 g/mol. The molecule has 0 aromatic heterocycles. The Morgan fingerprint density at radius 1 is 1.46 bits per heavy atom. The van der Waals surface area contributed by atoms with Gasteiger partial charge in [0.25, 0.3) is 5.91 Å². The molecule has 1 amide bonds. The normalized spacial score (nSPS) is 29.0. The molecule has 0 aromatic carbocycles. The van der Waals surface area contributed by atoms with Gasteiger partial charge in [0.15, 0.2) is 5.67 Å². The van der Waals surface area contributed by atoms with Crippen LogP contribution in [0.2, 0.25) is 0 Å². The fraction of sp³-hybridized carbons (Fsp3) is 0.889. The Hall–Kier alpha value is -0.640. The van der Waals surface area contributed by atoms with E-state index >= 15 is 0 Å². The average Bonchev–Trinajstić information content (AvgIpc) is 1.94. The monoisotopic (exact) mass is 187 g/mol. The van der Waals surface area contributed by atoms with Crippen molar-refractivity contribution >= 4 is 5.91 Å². The minimum Gasteiger partial charge on any atom is -0.386 e. The molecule has 0 aromatic rings. The topological polar surface area (TPSA) is 40.5 Å². The van der Waals surface area contributed by atoms with E-state index in [4.69, 9.17) is 0 Å². The Bertz CT molecular complexity index is 240. The second kappa shape index (κ2) is 2.44. The molecule has 0 unspecified atom stereocenters. The molecule has 74 valence electrons. The van der Waals surface area contributed by atoms with Crippen molar-refractivity contribution in [2.24, 2.45) is 0 Å². The fourth-order valence-electron chi connectivity index (χ4n) is 1.90. The Morgan fingerprint density at radius 2 is 2.00 bits per heavy atom. The number of β-amino-alcohol motifs (C(OH)–C–C–N with tert-alkyl or cyclic N) is 1. The van der Waals surface area contributed by atoms with E-state index in [0.29, 0.717) is 12.8 Å². The number of alkyl halides is 1. The molecular weight excluding hydrogens is 173 g/mol. The van der Waals surface area contributed by atoms with Crippen LogP contribution in [0.5, 0.6) is 0 Å². The third-order valence-electron chi connectivity index (χ3n) is 2.88. The number of aliphatic hydroxyl groups is 1. The Kier molecular flexibility index (Phi) is 1.68. The van der Waals surface area contributed by atoms with E-state index in [2.05, 4.69) is 0 Å². The van der Waals surface area contributed by atoms with Gasteiger partial charge < -0.3 is 10.0 Å². The minimum atomic E-state index is -1.60. The molecule has 0 spiro atoms. The van der Waals surface area contributed by atoms with Crippen molar-refractivity contribution in [3.05, 3.63) is 0 Å². The fourth-order valence-corrected chi connectivity index (χ4v) is 1.90. The lowest BCUT2D eigenvalue weighted by Gasteiger charge is -2.48. The van der Waals surface area contributed by atoms with Gasteiger partial charge in [-0.25, -0.2) is 4.39 Å². The summed E-state index contributed by atoms with van der Waals surface area (Å²) in [5.41, 5.74) is -2.40. The minimum absolute atomic E-state index is 0.275. The number of hydrogen-bond donors (Lipinski definition) is 1. The molecule has 0 radical (unpaired) electrons. The molecular formula is C9H14FNO2. The lowest BCUT2D eigenvalue weighted by Crippen LogP contribution is -2.66. The van der Waals surface area contributed by atoms with Crippen molar-refractivity contribution in [3.63, 3.8) is 0 Å². The predicted octanol–water partition coefficient (Wildman–Crippen LogP) is 0.472. The number of carbonyl (C=O) groups is 1. The first-order valence-electron chi connectivity index (χ1n) is 4.64. The predicted molar refractivity (Wildman–Crippen MR) is 44.9 cm³/mol. The molecule has 2 rings (SSSR count). The van der Waals surface area contributed by atoms with Gasteiger partial charge in [-0.05, 0) is 26.2 Å². The highest BCUT2D eigenvalue weighted by Gasteiger charge is 2.51. The Labute approximate surface area is 76.5 Å². The van der Waals surface area contributed by atoms with Crippen molar-refractivity contribution in [1.29, 1.82) is 0 Å². The summed E-state index contributed by atoms with van der Waals surface area (Å²) < 4.78 is 13.6. The van der Waals surface area contributed by atoms with Gasteiger partial charge in [0.1, 0.15) is 0 Å². The molecule has 1 aliphatic carbocycles. The SMILES string of the molecule is CC1(O)CN(C(=O)C2(F)CCC2)C1. The summed E-state index contributed by atoms with van der Waals surface area (Å²) >= 11 is 0. The maximum absolute atomic E-state index is 13.6. The summed E-state index contributed by atoms with van der Waals surface area (Å²) in [6.45, 7) is 2.21. The smallest absolute Gasteiger partial charge is 0.260 e. The van der Waals surface area contributed by atoms with Crippen molar-refractivity contribution < 1.29 is 14.3 Å². The zero-order chi connectivity index (χ0) is 9.69.